The fourth-order valence-electron chi connectivity index (χ4n) is 3.27. The van der Waals surface area contributed by atoms with E-state index in [9.17, 15) is 9.59 Å². The van der Waals surface area contributed by atoms with Crippen molar-refractivity contribution in [1.82, 2.24) is 9.38 Å². The molecule has 0 amide bonds. The minimum atomic E-state index is -1.06. The summed E-state index contributed by atoms with van der Waals surface area (Å²) in [6.07, 6.45) is 4.80. The summed E-state index contributed by atoms with van der Waals surface area (Å²) in [7, 11) is 0. The number of carboxylic acids is 1. The highest BCUT2D eigenvalue weighted by molar-refractivity contribution is 5.88. The third-order valence-corrected chi connectivity index (χ3v) is 4.49. The van der Waals surface area contributed by atoms with Gasteiger partial charge in [-0.05, 0) is 49.1 Å². The molecule has 4 rings (SSSR count). The monoisotopic (exact) mass is 332 g/mol. The average Bonchev–Trinajstić information content (AvgIpc) is 2.98. The van der Waals surface area contributed by atoms with Crippen molar-refractivity contribution in [2.75, 3.05) is 0 Å². The Labute approximate surface area is 143 Å². The maximum atomic E-state index is 12.8. The number of carbonyl (C=O) groups is 1. The molecule has 0 aliphatic heterocycles. The normalized spacial score (nSPS) is 14.8. The number of carboxylic acid groups (broad SMARTS) is 1. The molecule has 2 heterocycles. The average molecular weight is 332 g/mol. The van der Waals surface area contributed by atoms with Crippen LogP contribution in [0.4, 0.5) is 0 Å². The van der Waals surface area contributed by atoms with Crippen molar-refractivity contribution in [1.29, 1.82) is 0 Å². The van der Waals surface area contributed by atoms with Gasteiger partial charge in [-0.1, -0.05) is 29.8 Å². The van der Waals surface area contributed by atoms with Gasteiger partial charge in [-0.3, -0.25) is 9.20 Å². The van der Waals surface area contributed by atoms with E-state index in [0.29, 0.717) is 17.6 Å². The zero-order valence-corrected chi connectivity index (χ0v) is 13.7. The molecule has 5 heteroatoms. The third kappa shape index (κ3) is 2.63. The number of aromatic nitrogens is 2. The van der Waals surface area contributed by atoms with E-state index in [4.69, 9.17) is 5.11 Å². The lowest BCUT2D eigenvalue weighted by Gasteiger charge is -2.06. The van der Waals surface area contributed by atoms with Gasteiger partial charge in [0.15, 0.2) is 0 Å². The van der Waals surface area contributed by atoms with Crippen LogP contribution in [0.2, 0.25) is 0 Å². The largest absolute Gasteiger partial charge is 0.478 e. The van der Waals surface area contributed by atoms with Gasteiger partial charge in [0.1, 0.15) is 5.65 Å². The quantitative estimate of drug-likeness (QED) is 0.782. The molecule has 25 heavy (non-hydrogen) atoms. The van der Waals surface area contributed by atoms with E-state index in [1.165, 1.54) is 22.2 Å². The molecule has 3 aromatic rings. The molecular formula is C20H16N2O3. The predicted molar refractivity (Wildman–Crippen MR) is 95.8 cm³/mol. The lowest BCUT2D eigenvalue weighted by atomic mass is 10.1. The summed E-state index contributed by atoms with van der Waals surface area (Å²) in [5, 5.41) is 9.11. The van der Waals surface area contributed by atoms with E-state index in [1.54, 1.807) is 6.07 Å². The Bertz CT molecular complexity index is 1110. The fraction of sp³-hybridized carbons (Fsp3) is 0.150. The van der Waals surface area contributed by atoms with Crippen molar-refractivity contribution in [2.24, 2.45) is 0 Å². The maximum Gasteiger partial charge on any atom is 0.337 e. The molecule has 1 N–H and O–H groups in total. The Morgan fingerprint density at radius 2 is 2.08 bits per heavy atom. The van der Waals surface area contributed by atoms with Crippen molar-refractivity contribution in [2.45, 2.75) is 19.8 Å². The number of pyridine rings is 1. The number of benzene rings is 1. The van der Waals surface area contributed by atoms with Gasteiger partial charge in [-0.2, -0.15) is 0 Å². The molecule has 2 aromatic heterocycles. The molecule has 0 bridgehead atoms. The van der Waals surface area contributed by atoms with E-state index >= 15 is 0 Å². The first-order valence-electron chi connectivity index (χ1n) is 8.09. The van der Waals surface area contributed by atoms with Crippen LogP contribution < -0.4 is 5.56 Å². The topological polar surface area (TPSA) is 71.7 Å². The van der Waals surface area contributed by atoms with Gasteiger partial charge < -0.3 is 5.11 Å². The van der Waals surface area contributed by atoms with Gasteiger partial charge in [-0.25, -0.2) is 9.78 Å². The summed E-state index contributed by atoms with van der Waals surface area (Å²) < 4.78 is 1.33. The van der Waals surface area contributed by atoms with Gasteiger partial charge in [0.2, 0.25) is 0 Å². The first-order valence-corrected chi connectivity index (χ1v) is 8.09. The summed E-state index contributed by atoms with van der Waals surface area (Å²) in [5.74, 6) is -1.06. The number of aryl methyl sites for hydroxylation is 1. The van der Waals surface area contributed by atoms with Crippen LogP contribution >= 0.6 is 0 Å². The number of nitrogens with zero attached hydrogens (tertiary/aromatic N) is 2. The van der Waals surface area contributed by atoms with Crippen LogP contribution in [0.3, 0.4) is 0 Å². The Kier molecular flexibility index (Phi) is 3.50. The van der Waals surface area contributed by atoms with Gasteiger partial charge in [0, 0.05) is 11.8 Å². The molecule has 0 unspecified atom stereocenters. The number of hydrogen-bond acceptors (Lipinski definition) is 3. The molecule has 0 saturated heterocycles. The summed E-state index contributed by atoms with van der Waals surface area (Å²) in [6, 6.07) is 11.2. The fourth-order valence-corrected chi connectivity index (χ4v) is 3.27. The van der Waals surface area contributed by atoms with Crippen LogP contribution in [0, 0.1) is 6.92 Å². The lowest BCUT2D eigenvalue weighted by molar-refractivity contribution is 0.0696. The zero-order valence-electron chi connectivity index (χ0n) is 13.7. The molecule has 5 nitrogen and oxygen atoms in total. The van der Waals surface area contributed by atoms with Gasteiger partial charge >= 0.3 is 5.97 Å². The second-order valence-electron chi connectivity index (χ2n) is 6.28. The Morgan fingerprint density at radius 1 is 1.24 bits per heavy atom. The summed E-state index contributed by atoms with van der Waals surface area (Å²) in [4.78, 5) is 28.5. The van der Waals surface area contributed by atoms with E-state index in [2.05, 4.69) is 17.1 Å². The van der Waals surface area contributed by atoms with E-state index in [0.717, 1.165) is 23.3 Å². The molecule has 0 atom stereocenters. The van der Waals surface area contributed by atoms with Crippen molar-refractivity contribution in [3.63, 3.8) is 0 Å². The molecule has 124 valence electrons. The number of rotatable bonds is 2. The van der Waals surface area contributed by atoms with Crippen LogP contribution in [0.5, 0.6) is 0 Å². The van der Waals surface area contributed by atoms with Crippen LogP contribution in [0.25, 0.3) is 17.3 Å². The molecule has 0 saturated carbocycles. The van der Waals surface area contributed by atoms with Gasteiger partial charge in [0.25, 0.3) is 5.56 Å². The summed E-state index contributed by atoms with van der Waals surface area (Å²) in [6.45, 7) is 2.04. The number of fused-ring (bicyclic) bond motifs is 2. The second kappa shape index (κ2) is 5.70. The van der Waals surface area contributed by atoms with Crippen LogP contribution in [0.15, 0.2) is 47.4 Å². The molecule has 0 radical (unpaired) electrons. The lowest BCUT2D eigenvalue weighted by Crippen LogP contribution is -2.20. The summed E-state index contributed by atoms with van der Waals surface area (Å²) >= 11 is 0. The van der Waals surface area contributed by atoms with Crippen LogP contribution in [0.1, 0.15) is 39.2 Å². The Morgan fingerprint density at radius 3 is 2.84 bits per heavy atom. The van der Waals surface area contributed by atoms with Crippen molar-refractivity contribution in [3.05, 3.63) is 80.9 Å². The van der Waals surface area contributed by atoms with E-state index in [-0.39, 0.29) is 11.1 Å². The SMILES string of the molecule is Cc1cccc(/C=C2/CCc3c2nc2ccc(C(=O)O)cn2c3=O)c1. The van der Waals surface area contributed by atoms with Crippen molar-refractivity contribution < 1.29 is 9.90 Å². The minimum absolute atomic E-state index is 0.0740. The predicted octanol–water partition coefficient (Wildman–Crippen LogP) is 3.19. The third-order valence-electron chi connectivity index (χ3n) is 4.49. The Hall–Kier alpha value is -3.21. The molecule has 1 aliphatic rings. The highest BCUT2D eigenvalue weighted by Crippen LogP contribution is 2.30. The smallest absolute Gasteiger partial charge is 0.337 e. The summed E-state index contributed by atoms with van der Waals surface area (Å²) in [5.41, 5.74) is 5.05. The maximum absolute atomic E-state index is 12.8. The second-order valence-corrected chi connectivity index (χ2v) is 6.28. The first kappa shape index (κ1) is 15.3. The zero-order chi connectivity index (χ0) is 17.6. The molecule has 0 fully saturated rings. The van der Waals surface area contributed by atoms with Crippen molar-refractivity contribution >= 4 is 23.3 Å². The number of hydrogen-bond donors (Lipinski definition) is 1. The van der Waals surface area contributed by atoms with Crippen LogP contribution in [-0.2, 0) is 6.42 Å². The first-order chi connectivity index (χ1) is 12.0. The number of aromatic carboxylic acids is 1. The highest BCUT2D eigenvalue weighted by atomic mass is 16.4. The van der Waals surface area contributed by atoms with E-state index in [1.807, 2.05) is 25.1 Å². The molecule has 0 spiro atoms. The van der Waals surface area contributed by atoms with Gasteiger partial charge in [-0.15, -0.1) is 0 Å². The molecule has 1 aliphatic carbocycles. The Balaban J connectivity index is 1.88. The van der Waals surface area contributed by atoms with Crippen LogP contribution in [-0.4, -0.2) is 20.5 Å². The minimum Gasteiger partial charge on any atom is -0.478 e. The molecular weight excluding hydrogens is 316 g/mol. The van der Waals surface area contributed by atoms with Crippen molar-refractivity contribution in [3.8, 4) is 0 Å². The molecule has 1 aromatic carbocycles. The standard InChI is InChI=1S/C20H16N2O3/c1-12-3-2-4-13(9-12)10-14-5-7-16-18(14)21-17-8-6-15(20(24)25)11-22(17)19(16)23/h2-4,6,8-11H,5,7H2,1H3,(H,24,25)/b14-10-. The number of allylic oxidation sites excluding steroid dienone is 1. The van der Waals surface area contributed by atoms with Gasteiger partial charge in [0.05, 0.1) is 11.3 Å². The van der Waals surface area contributed by atoms with E-state index < -0.39 is 5.97 Å². The highest BCUT2D eigenvalue weighted by Gasteiger charge is 2.23.